The third-order valence-electron chi connectivity index (χ3n) is 4.55. The molecule has 0 heterocycles. The van der Waals surface area contributed by atoms with Gasteiger partial charge in [0.2, 0.25) is 5.91 Å². The fraction of sp³-hybridized carbons (Fsp3) is 0.467. The number of anilines is 1. The van der Waals surface area contributed by atoms with Crippen LogP contribution in [0.1, 0.15) is 24.8 Å². The van der Waals surface area contributed by atoms with E-state index in [0.717, 1.165) is 11.3 Å². The van der Waals surface area contributed by atoms with Gasteiger partial charge in [0.15, 0.2) is 0 Å². The first-order valence-electron chi connectivity index (χ1n) is 6.77. The first-order chi connectivity index (χ1) is 9.11. The van der Waals surface area contributed by atoms with Gasteiger partial charge in [-0.3, -0.25) is 4.79 Å². The lowest BCUT2D eigenvalue weighted by Gasteiger charge is -2.21. The van der Waals surface area contributed by atoms with Crippen molar-refractivity contribution in [3.63, 3.8) is 0 Å². The second-order valence-corrected chi connectivity index (χ2v) is 6.00. The number of hydrogen-bond donors (Lipinski definition) is 1. The molecule has 4 heteroatoms. The summed E-state index contributed by atoms with van der Waals surface area (Å²) in [6, 6.07) is 7.58. The molecule has 1 amide bonds. The Morgan fingerprint density at radius 2 is 1.95 bits per heavy atom. The largest absolute Gasteiger partial charge is 0.389 e. The molecule has 2 unspecified atom stereocenters. The van der Waals surface area contributed by atoms with E-state index in [4.69, 9.17) is 18.0 Å². The number of para-hydroxylation sites is 1. The molecule has 0 radical (unpaired) electrons. The van der Waals surface area contributed by atoms with Gasteiger partial charge in [-0.2, -0.15) is 0 Å². The number of amides is 1. The maximum atomic E-state index is 12.5. The Morgan fingerprint density at radius 3 is 2.58 bits per heavy atom. The summed E-state index contributed by atoms with van der Waals surface area (Å²) < 4.78 is 0. The lowest BCUT2D eigenvalue weighted by molar-refractivity contribution is -0.120. The number of carbonyl (C=O) groups excluding carboxylic acids is 1. The van der Waals surface area contributed by atoms with E-state index in [-0.39, 0.29) is 11.8 Å². The third kappa shape index (κ3) is 2.04. The Bertz CT molecular complexity index is 533. The van der Waals surface area contributed by atoms with E-state index in [1.807, 2.05) is 31.3 Å². The Balaban J connectivity index is 1.82. The number of rotatable bonds is 3. The van der Waals surface area contributed by atoms with Gasteiger partial charge in [0, 0.05) is 18.5 Å². The molecular weight excluding hydrogens is 256 g/mol. The SMILES string of the molecule is CN(C(=O)C1C2CCCC21)c1ccccc1C(N)=S. The predicted molar refractivity (Wildman–Crippen MR) is 80.1 cm³/mol. The maximum Gasteiger partial charge on any atom is 0.230 e. The molecule has 2 saturated carbocycles. The van der Waals surface area contributed by atoms with Gasteiger partial charge < -0.3 is 10.6 Å². The molecule has 0 saturated heterocycles. The van der Waals surface area contributed by atoms with Crippen LogP contribution in [0.3, 0.4) is 0 Å². The number of fused-ring (bicyclic) bond motifs is 1. The molecular formula is C15H18N2OS. The molecule has 2 N–H and O–H groups in total. The number of benzene rings is 1. The Hall–Kier alpha value is -1.42. The topological polar surface area (TPSA) is 46.3 Å². The Morgan fingerprint density at radius 1 is 1.32 bits per heavy atom. The van der Waals surface area contributed by atoms with Crippen LogP contribution >= 0.6 is 12.2 Å². The number of carbonyl (C=O) groups is 1. The van der Waals surface area contributed by atoms with Gasteiger partial charge in [0.05, 0.1) is 5.69 Å². The summed E-state index contributed by atoms with van der Waals surface area (Å²) in [5.41, 5.74) is 7.33. The Labute approximate surface area is 118 Å². The second kappa shape index (κ2) is 4.60. The van der Waals surface area contributed by atoms with Gasteiger partial charge in [0.25, 0.3) is 0 Å². The molecule has 2 aliphatic carbocycles. The molecule has 0 aromatic heterocycles. The van der Waals surface area contributed by atoms with E-state index in [1.54, 1.807) is 4.90 Å². The summed E-state index contributed by atoms with van der Waals surface area (Å²) >= 11 is 5.06. The van der Waals surface area contributed by atoms with Crippen molar-refractivity contribution in [1.82, 2.24) is 0 Å². The Kier molecular flexibility index (Phi) is 3.05. The normalized spacial score (nSPS) is 27.7. The van der Waals surface area contributed by atoms with E-state index in [0.29, 0.717) is 16.8 Å². The van der Waals surface area contributed by atoms with Gasteiger partial charge in [0.1, 0.15) is 4.99 Å². The molecule has 0 aliphatic heterocycles. The molecule has 1 aromatic rings. The fourth-order valence-corrected chi connectivity index (χ4v) is 3.68. The van der Waals surface area contributed by atoms with E-state index in [1.165, 1.54) is 19.3 Å². The molecule has 0 spiro atoms. The van der Waals surface area contributed by atoms with Crippen molar-refractivity contribution in [2.75, 3.05) is 11.9 Å². The van der Waals surface area contributed by atoms with Crippen LogP contribution in [0.4, 0.5) is 5.69 Å². The van der Waals surface area contributed by atoms with Crippen molar-refractivity contribution in [3.05, 3.63) is 29.8 Å². The van der Waals surface area contributed by atoms with E-state index < -0.39 is 0 Å². The van der Waals surface area contributed by atoms with Crippen LogP contribution in [0.5, 0.6) is 0 Å². The quantitative estimate of drug-likeness (QED) is 0.861. The first kappa shape index (κ1) is 12.6. The minimum Gasteiger partial charge on any atom is -0.389 e. The van der Waals surface area contributed by atoms with Crippen molar-refractivity contribution in [2.24, 2.45) is 23.5 Å². The molecule has 0 bridgehead atoms. The van der Waals surface area contributed by atoms with Crippen molar-refractivity contribution < 1.29 is 4.79 Å². The highest BCUT2D eigenvalue weighted by Gasteiger charge is 2.57. The van der Waals surface area contributed by atoms with Crippen LogP contribution in [0.15, 0.2) is 24.3 Å². The summed E-state index contributed by atoms with van der Waals surface area (Å²) in [5, 5.41) is 0. The molecule has 3 rings (SSSR count). The first-order valence-corrected chi connectivity index (χ1v) is 7.18. The zero-order valence-electron chi connectivity index (χ0n) is 11.0. The fourth-order valence-electron chi connectivity index (χ4n) is 3.50. The number of thiocarbonyl (C=S) groups is 1. The average Bonchev–Trinajstić information content (AvgIpc) is 2.89. The van der Waals surface area contributed by atoms with Gasteiger partial charge in [-0.05, 0) is 36.8 Å². The summed E-state index contributed by atoms with van der Waals surface area (Å²) in [4.78, 5) is 14.6. The van der Waals surface area contributed by atoms with Crippen LogP contribution in [-0.4, -0.2) is 17.9 Å². The summed E-state index contributed by atoms with van der Waals surface area (Å²) in [6.45, 7) is 0. The van der Waals surface area contributed by atoms with Crippen LogP contribution in [-0.2, 0) is 4.79 Å². The van der Waals surface area contributed by atoms with Crippen molar-refractivity contribution >= 4 is 28.8 Å². The molecule has 3 nitrogen and oxygen atoms in total. The minimum absolute atomic E-state index is 0.221. The third-order valence-corrected chi connectivity index (χ3v) is 4.77. The zero-order chi connectivity index (χ0) is 13.6. The van der Waals surface area contributed by atoms with Crippen molar-refractivity contribution in [3.8, 4) is 0 Å². The lowest BCUT2D eigenvalue weighted by atomic mass is 10.1. The van der Waals surface area contributed by atoms with Gasteiger partial charge >= 0.3 is 0 Å². The standard InChI is InChI=1S/C15H18N2OS/c1-17(12-8-3-2-5-11(12)14(16)19)15(18)13-9-6-4-7-10(9)13/h2-3,5,8-10,13H,4,6-7H2,1H3,(H2,16,19). The number of nitrogens with zero attached hydrogens (tertiary/aromatic N) is 1. The highest BCUT2D eigenvalue weighted by Crippen LogP contribution is 2.58. The second-order valence-electron chi connectivity index (χ2n) is 5.56. The lowest BCUT2D eigenvalue weighted by Crippen LogP contribution is -2.31. The number of nitrogens with two attached hydrogens (primary N) is 1. The highest BCUT2D eigenvalue weighted by atomic mass is 32.1. The van der Waals surface area contributed by atoms with Gasteiger partial charge in [-0.15, -0.1) is 0 Å². The zero-order valence-corrected chi connectivity index (χ0v) is 11.8. The average molecular weight is 274 g/mol. The number of hydrogen-bond acceptors (Lipinski definition) is 2. The monoisotopic (exact) mass is 274 g/mol. The molecule has 2 atom stereocenters. The molecule has 2 aliphatic rings. The molecule has 2 fully saturated rings. The smallest absolute Gasteiger partial charge is 0.230 e. The summed E-state index contributed by atoms with van der Waals surface area (Å²) in [6.07, 6.45) is 3.71. The van der Waals surface area contributed by atoms with Crippen molar-refractivity contribution in [1.29, 1.82) is 0 Å². The van der Waals surface area contributed by atoms with Crippen LogP contribution in [0.2, 0.25) is 0 Å². The van der Waals surface area contributed by atoms with Crippen LogP contribution in [0, 0.1) is 17.8 Å². The van der Waals surface area contributed by atoms with Gasteiger partial charge in [-0.25, -0.2) is 0 Å². The van der Waals surface area contributed by atoms with E-state index in [9.17, 15) is 4.79 Å². The maximum absolute atomic E-state index is 12.5. The van der Waals surface area contributed by atoms with E-state index in [2.05, 4.69) is 0 Å². The molecule has 100 valence electrons. The summed E-state index contributed by atoms with van der Waals surface area (Å²) in [5.74, 6) is 1.72. The van der Waals surface area contributed by atoms with Crippen LogP contribution in [0.25, 0.3) is 0 Å². The summed E-state index contributed by atoms with van der Waals surface area (Å²) in [7, 11) is 1.83. The van der Waals surface area contributed by atoms with Gasteiger partial charge in [-0.1, -0.05) is 30.8 Å². The highest BCUT2D eigenvalue weighted by molar-refractivity contribution is 7.80. The van der Waals surface area contributed by atoms with Crippen LogP contribution < -0.4 is 10.6 Å². The van der Waals surface area contributed by atoms with E-state index >= 15 is 0 Å². The predicted octanol–water partition coefficient (Wildman–Crippen LogP) is 2.33. The van der Waals surface area contributed by atoms with Crippen molar-refractivity contribution in [2.45, 2.75) is 19.3 Å². The molecule has 19 heavy (non-hydrogen) atoms. The molecule has 1 aromatic carbocycles. The minimum atomic E-state index is 0.221.